The Bertz CT molecular complexity index is 450. The molecule has 0 aromatic heterocycles. The number of hydrogen-bond acceptors (Lipinski definition) is 2. The molecule has 1 atom stereocenters. The molecular formula is C12H12BrF5O2. The molecule has 1 aromatic rings. The second kappa shape index (κ2) is 7.33. The summed E-state index contributed by atoms with van der Waals surface area (Å²) < 4.78 is 66.7. The Hall–Kier alpha value is -0.730. The van der Waals surface area contributed by atoms with Gasteiger partial charge in [-0.05, 0) is 34.5 Å². The zero-order valence-corrected chi connectivity index (χ0v) is 11.8. The Kier molecular flexibility index (Phi) is 6.35. The molecule has 0 aliphatic carbocycles. The fraction of sp³-hybridized carbons (Fsp3) is 0.500. The Balaban J connectivity index is 2.47. The molecule has 1 unspecified atom stereocenters. The second-order valence-electron chi connectivity index (χ2n) is 4.14. The lowest BCUT2D eigenvalue weighted by atomic mass is 10.0. The molecule has 0 radical (unpaired) electrons. The summed E-state index contributed by atoms with van der Waals surface area (Å²) in [6, 6.07) is 2.22. The van der Waals surface area contributed by atoms with E-state index in [0.29, 0.717) is 0 Å². The van der Waals surface area contributed by atoms with Crippen LogP contribution in [-0.4, -0.2) is 30.6 Å². The molecule has 1 N–H and O–H groups in total. The number of hydrogen-bond donors (Lipinski definition) is 1. The van der Waals surface area contributed by atoms with E-state index in [1.54, 1.807) is 0 Å². The topological polar surface area (TPSA) is 29.5 Å². The largest absolute Gasteiger partial charge is 0.411 e. The van der Waals surface area contributed by atoms with Crippen molar-refractivity contribution in [3.05, 3.63) is 33.8 Å². The van der Waals surface area contributed by atoms with E-state index in [1.807, 2.05) is 0 Å². The van der Waals surface area contributed by atoms with Crippen LogP contribution in [0.4, 0.5) is 22.0 Å². The molecule has 1 rings (SSSR count). The summed E-state index contributed by atoms with van der Waals surface area (Å²) in [6.45, 7) is -1.77. The van der Waals surface area contributed by atoms with Crippen molar-refractivity contribution in [3.8, 4) is 0 Å². The molecule has 0 fully saturated rings. The maximum Gasteiger partial charge on any atom is 0.411 e. The molecular weight excluding hydrogens is 351 g/mol. The fourth-order valence-corrected chi connectivity index (χ4v) is 1.87. The van der Waals surface area contributed by atoms with E-state index >= 15 is 0 Å². The van der Waals surface area contributed by atoms with Crippen LogP contribution in [0.5, 0.6) is 0 Å². The van der Waals surface area contributed by atoms with E-state index in [9.17, 15) is 27.1 Å². The lowest BCUT2D eigenvalue weighted by Crippen LogP contribution is -2.20. The lowest BCUT2D eigenvalue weighted by Gasteiger charge is -2.13. The van der Waals surface area contributed by atoms with E-state index in [-0.39, 0.29) is 29.5 Å². The molecule has 0 spiro atoms. The second-order valence-corrected chi connectivity index (χ2v) is 4.99. The molecule has 1 aromatic carbocycles. The summed E-state index contributed by atoms with van der Waals surface area (Å²) in [4.78, 5) is 0. The molecule has 0 bridgehead atoms. The number of benzene rings is 1. The standard InChI is InChI=1S/C12H12BrF5O2/c13-9-1-2-10(14)8(11(9)15)5-7(19)3-4-20-6-12(16,17)18/h1-2,7,19H,3-6H2. The minimum Gasteiger partial charge on any atom is -0.393 e. The fourth-order valence-electron chi connectivity index (χ4n) is 1.50. The van der Waals surface area contributed by atoms with Crippen LogP contribution in [0.1, 0.15) is 12.0 Å². The molecule has 8 heteroatoms. The zero-order chi connectivity index (χ0) is 15.3. The molecule has 0 heterocycles. The first kappa shape index (κ1) is 17.3. The Morgan fingerprint density at radius 1 is 1.25 bits per heavy atom. The Morgan fingerprint density at radius 3 is 2.50 bits per heavy atom. The zero-order valence-electron chi connectivity index (χ0n) is 10.2. The summed E-state index contributed by atoms with van der Waals surface area (Å²) in [6.07, 6.45) is -6.12. The quantitative estimate of drug-likeness (QED) is 0.476. The predicted molar refractivity (Wildman–Crippen MR) is 65.3 cm³/mol. The first-order valence-corrected chi connectivity index (χ1v) is 6.45. The van der Waals surface area contributed by atoms with Crippen molar-refractivity contribution in [2.45, 2.75) is 25.1 Å². The average Bonchev–Trinajstić information content (AvgIpc) is 2.34. The van der Waals surface area contributed by atoms with Gasteiger partial charge in [-0.25, -0.2) is 8.78 Å². The predicted octanol–water partition coefficient (Wildman–Crippen LogP) is 3.60. The number of halogens is 6. The van der Waals surface area contributed by atoms with Crippen molar-refractivity contribution in [2.75, 3.05) is 13.2 Å². The van der Waals surface area contributed by atoms with E-state index in [4.69, 9.17) is 0 Å². The van der Waals surface area contributed by atoms with Crippen LogP contribution in [0.2, 0.25) is 0 Å². The minimum absolute atomic E-state index is 0.0504. The maximum absolute atomic E-state index is 13.6. The highest BCUT2D eigenvalue weighted by molar-refractivity contribution is 9.10. The maximum atomic E-state index is 13.6. The highest BCUT2D eigenvalue weighted by atomic mass is 79.9. The normalized spacial score (nSPS) is 13.6. The minimum atomic E-state index is -4.44. The van der Waals surface area contributed by atoms with Gasteiger partial charge in [-0.1, -0.05) is 0 Å². The van der Waals surface area contributed by atoms with Gasteiger partial charge in [0.15, 0.2) is 0 Å². The number of aliphatic hydroxyl groups is 1. The molecule has 0 aliphatic heterocycles. The molecule has 0 aliphatic rings. The van der Waals surface area contributed by atoms with Gasteiger partial charge in [0.25, 0.3) is 0 Å². The monoisotopic (exact) mass is 362 g/mol. The summed E-state index contributed by atoms with van der Waals surface area (Å²) >= 11 is 2.88. The third-order valence-electron chi connectivity index (χ3n) is 2.44. The van der Waals surface area contributed by atoms with Gasteiger partial charge in [0.05, 0.1) is 10.6 Å². The number of ether oxygens (including phenoxy) is 1. The van der Waals surface area contributed by atoms with Crippen molar-refractivity contribution in [3.63, 3.8) is 0 Å². The van der Waals surface area contributed by atoms with Crippen LogP contribution < -0.4 is 0 Å². The number of rotatable bonds is 6. The van der Waals surface area contributed by atoms with Gasteiger partial charge in [-0.15, -0.1) is 0 Å². The van der Waals surface area contributed by atoms with E-state index in [0.717, 1.165) is 6.07 Å². The van der Waals surface area contributed by atoms with Crippen molar-refractivity contribution in [2.24, 2.45) is 0 Å². The van der Waals surface area contributed by atoms with Crippen molar-refractivity contribution in [1.29, 1.82) is 0 Å². The summed E-state index contributed by atoms with van der Waals surface area (Å²) in [7, 11) is 0. The third kappa shape index (κ3) is 5.72. The number of alkyl halides is 3. The van der Waals surface area contributed by atoms with Crippen LogP contribution in [-0.2, 0) is 11.2 Å². The van der Waals surface area contributed by atoms with Crippen LogP contribution in [0.3, 0.4) is 0 Å². The molecule has 114 valence electrons. The smallest absolute Gasteiger partial charge is 0.393 e. The first-order chi connectivity index (χ1) is 9.20. The molecule has 0 amide bonds. The Morgan fingerprint density at radius 2 is 1.90 bits per heavy atom. The van der Waals surface area contributed by atoms with Crippen molar-refractivity contribution < 1.29 is 31.8 Å². The lowest BCUT2D eigenvalue weighted by molar-refractivity contribution is -0.175. The van der Waals surface area contributed by atoms with Gasteiger partial charge in [-0.3, -0.25) is 0 Å². The third-order valence-corrected chi connectivity index (χ3v) is 3.05. The van der Waals surface area contributed by atoms with Gasteiger partial charge in [0, 0.05) is 18.6 Å². The molecule has 2 nitrogen and oxygen atoms in total. The van der Waals surface area contributed by atoms with Gasteiger partial charge < -0.3 is 9.84 Å². The van der Waals surface area contributed by atoms with Crippen molar-refractivity contribution in [1.82, 2.24) is 0 Å². The first-order valence-electron chi connectivity index (χ1n) is 5.65. The average molecular weight is 363 g/mol. The van der Waals surface area contributed by atoms with Crippen LogP contribution in [0.15, 0.2) is 16.6 Å². The Labute approximate surface area is 120 Å². The summed E-state index contributed by atoms with van der Waals surface area (Å²) in [5.74, 6) is -1.65. The number of aliphatic hydroxyl groups excluding tert-OH is 1. The van der Waals surface area contributed by atoms with Crippen LogP contribution in [0, 0.1) is 11.6 Å². The summed E-state index contributed by atoms with van der Waals surface area (Å²) in [5, 5.41) is 9.56. The van der Waals surface area contributed by atoms with Gasteiger partial charge in [0.1, 0.15) is 18.2 Å². The van der Waals surface area contributed by atoms with Gasteiger partial charge in [0.2, 0.25) is 0 Å². The van der Waals surface area contributed by atoms with Crippen molar-refractivity contribution >= 4 is 15.9 Å². The van der Waals surface area contributed by atoms with Crippen LogP contribution >= 0.6 is 15.9 Å². The van der Waals surface area contributed by atoms with Gasteiger partial charge >= 0.3 is 6.18 Å². The molecule has 20 heavy (non-hydrogen) atoms. The highest BCUT2D eigenvalue weighted by Crippen LogP contribution is 2.23. The van der Waals surface area contributed by atoms with E-state index < -0.39 is 30.5 Å². The molecule has 0 saturated heterocycles. The van der Waals surface area contributed by atoms with Crippen LogP contribution in [0.25, 0.3) is 0 Å². The highest BCUT2D eigenvalue weighted by Gasteiger charge is 2.27. The molecule has 0 saturated carbocycles. The van der Waals surface area contributed by atoms with E-state index in [1.165, 1.54) is 6.07 Å². The SMILES string of the molecule is OC(CCOCC(F)(F)F)Cc1c(F)ccc(Br)c1F. The van der Waals surface area contributed by atoms with Gasteiger partial charge in [-0.2, -0.15) is 13.2 Å². The summed E-state index contributed by atoms with van der Waals surface area (Å²) in [5.41, 5.74) is -0.317. The van der Waals surface area contributed by atoms with E-state index in [2.05, 4.69) is 20.7 Å².